The molecular weight excluding hydrogens is 278 g/mol. The summed E-state index contributed by atoms with van der Waals surface area (Å²) >= 11 is 0. The van der Waals surface area contributed by atoms with Crippen LogP contribution in [0.25, 0.3) is 0 Å². The first-order valence-corrected chi connectivity index (χ1v) is 5.80. The fourth-order valence-electron chi connectivity index (χ4n) is 1.57. The van der Waals surface area contributed by atoms with Crippen LogP contribution in [-0.2, 0) is 0 Å². The second kappa shape index (κ2) is 5.82. The molecule has 0 radical (unpaired) electrons. The van der Waals surface area contributed by atoms with Crippen molar-refractivity contribution < 1.29 is 10.0 Å². The van der Waals surface area contributed by atoms with Crippen molar-refractivity contribution in [3.8, 4) is 5.75 Å². The number of nitro groups is 1. The number of hydrogen-bond acceptors (Lipinski definition) is 7. The lowest BCUT2D eigenvalue weighted by molar-refractivity contribution is -0.385. The quantitative estimate of drug-likeness (QED) is 0.439. The summed E-state index contributed by atoms with van der Waals surface area (Å²) in [7, 11) is 0. The highest BCUT2D eigenvalue weighted by molar-refractivity contribution is 5.81. The third-order valence-corrected chi connectivity index (χ3v) is 2.45. The number of nitro benzene ring substituents is 1. The van der Waals surface area contributed by atoms with Crippen LogP contribution >= 0.6 is 0 Å². The fraction of sp³-hybridized carbons (Fsp3) is 0.0833. The highest BCUT2D eigenvalue weighted by Crippen LogP contribution is 2.25. The van der Waals surface area contributed by atoms with E-state index in [9.17, 15) is 20.0 Å². The third kappa shape index (κ3) is 3.62. The molecule has 2 aromatic rings. The number of phenolic OH excluding ortho intramolecular Hbond substituents is 1. The summed E-state index contributed by atoms with van der Waals surface area (Å²) in [5.74, 6) is -0.265. The molecule has 21 heavy (non-hydrogen) atoms. The minimum atomic E-state index is -0.695. The van der Waals surface area contributed by atoms with E-state index in [-0.39, 0.29) is 11.5 Å². The van der Waals surface area contributed by atoms with Crippen LogP contribution in [-0.4, -0.2) is 26.2 Å². The van der Waals surface area contributed by atoms with Gasteiger partial charge in [0.1, 0.15) is 0 Å². The SMILES string of the molecule is Cc1cc(=O)[nH]c(N/N=C\c2ccc(O)c([N+](=O)[O-])c2)n1. The Balaban J connectivity index is 2.16. The average Bonchev–Trinajstić information content (AvgIpc) is 2.39. The molecule has 0 amide bonds. The van der Waals surface area contributed by atoms with E-state index in [0.29, 0.717) is 11.3 Å². The summed E-state index contributed by atoms with van der Waals surface area (Å²) in [5.41, 5.74) is 2.70. The molecule has 0 spiro atoms. The molecule has 1 aromatic carbocycles. The molecule has 0 unspecified atom stereocenters. The van der Waals surface area contributed by atoms with Gasteiger partial charge in [0.25, 0.3) is 5.56 Å². The van der Waals surface area contributed by atoms with Crippen LogP contribution in [0.5, 0.6) is 5.75 Å². The van der Waals surface area contributed by atoms with E-state index in [1.807, 2.05) is 0 Å². The first-order chi connectivity index (χ1) is 9.95. The fourth-order valence-corrected chi connectivity index (χ4v) is 1.57. The Morgan fingerprint density at radius 1 is 1.48 bits per heavy atom. The number of benzene rings is 1. The monoisotopic (exact) mass is 289 g/mol. The van der Waals surface area contributed by atoms with E-state index < -0.39 is 16.4 Å². The number of hydrazone groups is 1. The number of aryl methyl sites for hydroxylation is 1. The summed E-state index contributed by atoms with van der Waals surface area (Å²) in [4.78, 5) is 27.6. The molecular formula is C12H11N5O4. The number of anilines is 1. The lowest BCUT2D eigenvalue weighted by atomic mass is 10.2. The minimum absolute atomic E-state index is 0.157. The number of hydrogen-bond donors (Lipinski definition) is 3. The van der Waals surface area contributed by atoms with E-state index >= 15 is 0 Å². The van der Waals surface area contributed by atoms with E-state index in [4.69, 9.17) is 0 Å². The maximum Gasteiger partial charge on any atom is 0.311 e. The summed E-state index contributed by atoms with van der Waals surface area (Å²) < 4.78 is 0. The minimum Gasteiger partial charge on any atom is -0.502 e. The zero-order chi connectivity index (χ0) is 15.4. The molecule has 9 heteroatoms. The van der Waals surface area contributed by atoms with Crippen molar-refractivity contribution >= 4 is 17.9 Å². The lowest BCUT2D eigenvalue weighted by Gasteiger charge is -2.00. The molecule has 0 bridgehead atoms. The molecule has 0 saturated carbocycles. The van der Waals surface area contributed by atoms with E-state index in [2.05, 4.69) is 20.5 Å². The highest BCUT2D eigenvalue weighted by atomic mass is 16.6. The predicted molar refractivity (Wildman–Crippen MR) is 75.6 cm³/mol. The molecule has 0 atom stereocenters. The van der Waals surface area contributed by atoms with Crippen molar-refractivity contribution in [1.82, 2.24) is 9.97 Å². The Kier molecular flexibility index (Phi) is 3.93. The Labute approximate surface area is 118 Å². The largest absolute Gasteiger partial charge is 0.502 e. The highest BCUT2D eigenvalue weighted by Gasteiger charge is 2.12. The Bertz CT molecular complexity index is 768. The van der Waals surface area contributed by atoms with Gasteiger partial charge in [-0.3, -0.25) is 19.9 Å². The molecule has 3 N–H and O–H groups in total. The first-order valence-electron chi connectivity index (χ1n) is 5.80. The second-order valence-electron chi connectivity index (χ2n) is 4.11. The number of nitrogens with one attached hydrogen (secondary N) is 2. The zero-order valence-electron chi connectivity index (χ0n) is 10.9. The van der Waals surface area contributed by atoms with Gasteiger partial charge >= 0.3 is 5.69 Å². The van der Waals surface area contributed by atoms with Crippen LogP contribution < -0.4 is 11.0 Å². The Hall–Kier alpha value is -3.23. The zero-order valence-corrected chi connectivity index (χ0v) is 10.9. The van der Waals surface area contributed by atoms with Crippen LogP contribution in [0.4, 0.5) is 11.6 Å². The van der Waals surface area contributed by atoms with E-state index in [1.54, 1.807) is 6.92 Å². The molecule has 0 fully saturated rings. The molecule has 0 saturated heterocycles. The van der Waals surface area contributed by atoms with Crippen LogP contribution in [0.1, 0.15) is 11.3 Å². The van der Waals surface area contributed by atoms with Gasteiger partial charge < -0.3 is 5.11 Å². The second-order valence-corrected chi connectivity index (χ2v) is 4.11. The van der Waals surface area contributed by atoms with Crippen molar-refractivity contribution in [2.24, 2.45) is 5.10 Å². The number of rotatable bonds is 4. The Morgan fingerprint density at radius 3 is 2.90 bits per heavy atom. The topological polar surface area (TPSA) is 134 Å². The number of aromatic nitrogens is 2. The number of nitrogens with zero attached hydrogens (tertiary/aromatic N) is 3. The molecule has 2 rings (SSSR count). The van der Waals surface area contributed by atoms with Crippen LogP contribution in [0.3, 0.4) is 0 Å². The van der Waals surface area contributed by atoms with Gasteiger partial charge in [-0.15, -0.1) is 0 Å². The summed E-state index contributed by atoms with van der Waals surface area (Å²) in [5, 5.41) is 23.8. The van der Waals surface area contributed by atoms with Gasteiger partial charge in [-0.25, -0.2) is 10.4 Å². The maximum absolute atomic E-state index is 11.2. The number of phenols is 1. The Morgan fingerprint density at radius 2 is 2.24 bits per heavy atom. The predicted octanol–water partition coefficient (Wildman–Crippen LogP) is 1.14. The van der Waals surface area contributed by atoms with E-state index in [0.717, 1.165) is 0 Å². The molecule has 1 heterocycles. The number of aromatic hydroxyl groups is 1. The van der Waals surface area contributed by atoms with Gasteiger partial charge in [0.15, 0.2) is 5.75 Å². The number of aromatic amines is 1. The summed E-state index contributed by atoms with van der Waals surface area (Å²) in [6.45, 7) is 1.66. The van der Waals surface area contributed by atoms with Gasteiger partial charge in [-0.05, 0) is 19.1 Å². The van der Waals surface area contributed by atoms with Gasteiger partial charge in [0.2, 0.25) is 5.95 Å². The van der Waals surface area contributed by atoms with Gasteiger partial charge in [-0.1, -0.05) is 0 Å². The van der Waals surface area contributed by atoms with Crippen molar-refractivity contribution in [1.29, 1.82) is 0 Å². The summed E-state index contributed by atoms with van der Waals surface area (Å²) in [6.07, 6.45) is 1.30. The van der Waals surface area contributed by atoms with Crippen molar-refractivity contribution in [3.05, 3.63) is 56.0 Å². The molecule has 0 aliphatic rings. The third-order valence-electron chi connectivity index (χ3n) is 2.45. The van der Waals surface area contributed by atoms with Crippen molar-refractivity contribution in [3.63, 3.8) is 0 Å². The molecule has 0 aliphatic carbocycles. The average molecular weight is 289 g/mol. The van der Waals surface area contributed by atoms with Crippen molar-refractivity contribution in [2.75, 3.05) is 5.43 Å². The smallest absolute Gasteiger partial charge is 0.311 e. The first kappa shape index (κ1) is 14.2. The van der Waals surface area contributed by atoms with Gasteiger partial charge in [-0.2, -0.15) is 5.10 Å². The molecule has 1 aromatic heterocycles. The van der Waals surface area contributed by atoms with Crippen LogP contribution in [0.2, 0.25) is 0 Å². The molecule has 9 nitrogen and oxygen atoms in total. The maximum atomic E-state index is 11.2. The normalized spacial score (nSPS) is 10.7. The van der Waals surface area contributed by atoms with Crippen molar-refractivity contribution in [2.45, 2.75) is 6.92 Å². The molecule has 0 aliphatic heterocycles. The molecule has 108 valence electrons. The standard InChI is InChI=1S/C12H11N5O4/c1-7-4-11(19)15-12(14-7)16-13-6-8-2-3-10(18)9(5-8)17(20)21/h2-6,18H,1H3,(H2,14,15,16,19)/b13-6-. The summed E-state index contributed by atoms with van der Waals surface area (Å²) in [6, 6.07) is 5.16. The lowest BCUT2D eigenvalue weighted by Crippen LogP contribution is -2.10. The van der Waals surface area contributed by atoms with Crippen LogP contribution in [0, 0.1) is 17.0 Å². The van der Waals surface area contributed by atoms with Gasteiger partial charge in [0.05, 0.1) is 11.1 Å². The van der Waals surface area contributed by atoms with Gasteiger partial charge in [0, 0.05) is 23.4 Å². The van der Waals surface area contributed by atoms with E-state index in [1.165, 1.54) is 30.5 Å². The van der Waals surface area contributed by atoms with Crippen LogP contribution in [0.15, 0.2) is 34.2 Å². The number of H-pyrrole nitrogens is 1.